The summed E-state index contributed by atoms with van der Waals surface area (Å²) in [6.07, 6.45) is 1.37. The Bertz CT molecular complexity index is 1490. The van der Waals surface area contributed by atoms with Crippen LogP contribution in [-0.4, -0.2) is 47.4 Å². The average Bonchev–Trinajstić information content (AvgIpc) is 3.27. The van der Waals surface area contributed by atoms with Crippen LogP contribution in [0.5, 0.6) is 17.2 Å². The van der Waals surface area contributed by atoms with Crippen LogP contribution < -0.4 is 14.2 Å². The van der Waals surface area contributed by atoms with Crippen LogP contribution in [0.1, 0.15) is 41.8 Å². The van der Waals surface area contributed by atoms with Gasteiger partial charge in [-0.25, -0.2) is 13.8 Å². The molecule has 0 N–H and O–H groups in total. The van der Waals surface area contributed by atoms with E-state index < -0.39 is 18.6 Å². The highest BCUT2D eigenvalue weighted by atomic mass is 35.5. The summed E-state index contributed by atoms with van der Waals surface area (Å²) in [5.74, 6) is 2.87. The number of aryl methyl sites for hydroxylation is 1. The number of aromatic nitrogens is 2. The van der Waals surface area contributed by atoms with Crippen molar-refractivity contribution in [2.75, 3.05) is 33.0 Å². The molecule has 2 aliphatic heterocycles. The molecule has 0 unspecified atom stereocenters. The van der Waals surface area contributed by atoms with Gasteiger partial charge in [-0.15, -0.1) is 0 Å². The standard InChI is InChI=1S/C30H30ClF2N3O3/c1-35-24-5-3-6-25(37-15-12-32)29(24)34-28(35)17-36-13-10-19(11-14-36)21-4-2-7-26-30(21)39-27(18-38-26)22-9-8-20(31)16-23(22)33/h2-9,16,19,27H,10-15,17-18H2,1H3/t27-/m1/s1. The van der Waals surface area contributed by atoms with Crippen molar-refractivity contribution in [1.29, 1.82) is 0 Å². The highest BCUT2D eigenvalue weighted by Gasteiger charge is 2.31. The number of piperidine rings is 1. The Labute approximate surface area is 231 Å². The zero-order valence-electron chi connectivity index (χ0n) is 21.7. The normalized spacial score (nSPS) is 18.0. The number of halogens is 3. The van der Waals surface area contributed by atoms with Crippen LogP contribution in [0.25, 0.3) is 11.0 Å². The zero-order chi connectivity index (χ0) is 26.9. The molecule has 3 heterocycles. The van der Waals surface area contributed by atoms with E-state index in [4.69, 9.17) is 30.8 Å². The molecule has 1 fully saturated rings. The minimum absolute atomic E-state index is 0.0197. The van der Waals surface area contributed by atoms with E-state index in [-0.39, 0.29) is 13.2 Å². The predicted molar refractivity (Wildman–Crippen MR) is 146 cm³/mol. The number of hydrogen-bond donors (Lipinski definition) is 0. The molecule has 0 bridgehead atoms. The molecule has 0 spiro atoms. The first-order valence-corrected chi connectivity index (χ1v) is 13.6. The SMILES string of the molecule is Cn1c(CN2CCC(c3cccc4c3O[C@@H](c3ccc(Cl)cc3F)CO4)CC2)nc2c(OCCF)cccc21. The van der Waals surface area contributed by atoms with Crippen LogP contribution in [0.2, 0.25) is 5.02 Å². The Morgan fingerprint density at radius 3 is 2.69 bits per heavy atom. The summed E-state index contributed by atoms with van der Waals surface area (Å²) in [7, 11) is 2.00. The van der Waals surface area contributed by atoms with Crippen molar-refractivity contribution in [2.45, 2.75) is 31.4 Å². The van der Waals surface area contributed by atoms with E-state index in [2.05, 4.69) is 15.5 Å². The third kappa shape index (κ3) is 5.15. The Kier molecular flexibility index (Phi) is 7.32. The van der Waals surface area contributed by atoms with Crippen LogP contribution >= 0.6 is 11.6 Å². The fourth-order valence-electron chi connectivity index (χ4n) is 5.60. The van der Waals surface area contributed by atoms with Gasteiger partial charge in [-0.3, -0.25) is 4.90 Å². The summed E-state index contributed by atoms with van der Waals surface area (Å²) in [4.78, 5) is 7.24. The topological polar surface area (TPSA) is 48.8 Å². The quantitative estimate of drug-likeness (QED) is 0.258. The second-order valence-electron chi connectivity index (χ2n) is 10.1. The van der Waals surface area contributed by atoms with Crippen LogP contribution in [0.4, 0.5) is 8.78 Å². The van der Waals surface area contributed by atoms with Crippen LogP contribution in [0.3, 0.4) is 0 Å². The van der Waals surface area contributed by atoms with E-state index >= 15 is 0 Å². The third-order valence-corrected chi connectivity index (χ3v) is 7.90. The molecule has 1 saturated heterocycles. The molecule has 1 atom stereocenters. The zero-order valence-corrected chi connectivity index (χ0v) is 22.5. The van der Waals surface area contributed by atoms with Gasteiger partial charge in [0.05, 0.1) is 12.1 Å². The van der Waals surface area contributed by atoms with Crippen molar-refractivity contribution >= 4 is 22.6 Å². The van der Waals surface area contributed by atoms with Crippen molar-refractivity contribution in [2.24, 2.45) is 7.05 Å². The summed E-state index contributed by atoms with van der Waals surface area (Å²) in [6, 6.07) is 16.4. The lowest BCUT2D eigenvalue weighted by atomic mass is 9.88. The number of benzene rings is 3. The highest BCUT2D eigenvalue weighted by Crippen LogP contribution is 2.45. The summed E-state index contributed by atoms with van der Waals surface area (Å²) >= 11 is 5.94. The van der Waals surface area contributed by atoms with Crippen LogP contribution in [0.15, 0.2) is 54.6 Å². The third-order valence-electron chi connectivity index (χ3n) is 7.66. The molecule has 6 nitrogen and oxygen atoms in total. The molecule has 4 aromatic rings. The molecule has 0 radical (unpaired) electrons. The van der Waals surface area contributed by atoms with Crippen molar-refractivity contribution < 1.29 is 23.0 Å². The van der Waals surface area contributed by atoms with E-state index in [1.165, 1.54) is 6.07 Å². The smallest absolute Gasteiger partial charge is 0.165 e. The van der Waals surface area contributed by atoms with Gasteiger partial charge in [0.1, 0.15) is 42.8 Å². The van der Waals surface area contributed by atoms with Crippen molar-refractivity contribution in [3.63, 3.8) is 0 Å². The van der Waals surface area contributed by atoms with Gasteiger partial charge in [0.15, 0.2) is 17.6 Å². The molecular formula is C30H30ClF2N3O3. The summed E-state index contributed by atoms with van der Waals surface area (Å²) < 4.78 is 47.3. The van der Waals surface area contributed by atoms with Crippen LogP contribution in [0, 0.1) is 5.82 Å². The first-order valence-electron chi connectivity index (χ1n) is 13.2. The predicted octanol–water partition coefficient (Wildman–Crippen LogP) is 6.61. The average molecular weight is 554 g/mol. The molecule has 39 heavy (non-hydrogen) atoms. The molecule has 9 heteroatoms. The van der Waals surface area contributed by atoms with Gasteiger partial charge >= 0.3 is 0 Å². The lowest BCUT2D eigenvalue weighted by molar-refractivity contribution is 0.0857. The number of rotatable bonds is 7. The van der Waals surface area contributed by atoms with Gasteiger partial charge in [-0.05, 0) is 62.2 Å². The first kappa shape index (κ1) is 25.9. The minimum atomic E-state index is -0.536. The fraction of sp³-hybridized carbons (Fsp3) is 0.367. The number of nitrogens with zero attached hydrogens (tertiary/aromatic N) is 3. The Morgan fingerprint density at radius 1 is 1.08 bits per heavy atom. The van der Waals surface area contributed by atoms with E-state index in [1.807, 2.05) is 37.4 Å². The lowest BCUT2D eigenvalue weighted by Gasteiger charge is -2.35. The number of ether oxygens (including phenoxy) is 3. The van der Waals surface area contributed by atoms with Gasteiger partial charge in [-0.1, -0.05) is 35.9 Å². The van der Waals surface area contributed by atoms with E-state index in [1.54, 1.807) is 12.1 Å². The van der Waals surface area contributed by atoms with Crippen molar-refractivity contribution in [3.8, 4) is 17.2 Å². The summed E-state index contributed by atoms with van der Waals surface area (Å²) in [5.41, 5.74) is 3.27. The largest absolute Gasteiger partial charge is 0.489 e. The lowest BCUT2D eigenvalue weighted by Crippen LogP contribution is -2.33. The molecule has 204 valence electrons. The number of fused-ring (bicyclic) bond motifs is 2. The molecule has 0 aliphatic carbocycles. The molecule has 3 aromatic carbocycles. The summed E-state index contributed by atoms with van der Waals surface area (Å²) in [6.45, 7) is 2.24. The molecule has 1 aromatic heterocycles. The Morgan fingerprint density at radius 2 is 1.90 bits per heavy atom. The number of imidazole rings is 1. The van der Waals surface area contributed by atoms with Crippen LogP contribution in [-0.2, 0) is 13.6 Å². The second-order valence-corrected chi connectivity index (χ2v) is 10.5. The number of hydrogen-bond acceptors (Lipinski definition) is 5. The summed E-state index contributed by atoms with van der Waals surface area (Å²) in [5, 5.41) is 0.352. The minimum Gasteiger partial charge on any atom is -0.489 e. The van der Waals surface area contributed by atoms with Gasteiger partial charge in [-0.2, -0.15) is 0 Å². The van der Waals surface area contributed by atoms with Crippen molar-refractivity contribution in [1.82, 2.24) is 14.5 Å². The monoisotopic (exact) mass is 553 g/mol. The maximum absolute atomic E-state index is 14.6. The second kappa shape index (κ2) is 11.0. The fourth-order valence-corrected chi connectivity index (χ4v) is 5.76. The van der Waals surface area contributed by atoms with Gasteiger partial charge in [0, 0.05) is 23.2 Å². The molecule has 0 amide bonds. The molecular weight excluding hydrogens is 524 g/mol. The number of para-hydroxylation sites is 2. The van der Waals surface area contributed by atoms with Gasteiger partial charge in [0.25, 0.3) is 0 Å². The van der Waals surface area contributed by atoms with E-state index in [0.29, 0.717) is 40.3 Å². The maximum Gasteiger partial charge on any atom is 0.165 e. The van der Waals surface area contributed by atoms with Crippen molar-refractivity contribution in [3.05, 3.63) is 82.4 Å². The van der Waals surface area contributed by atoms with E-state index in [0.717, 1.165) is 48.4 Å². The number of alkyl halides is 1. The first-order chi connectivity index (χ1) is 19.0. The van der Waals surface area contributed by atoms with Gasteiger partial charge in [0.2, 0.25) is 0 Å². The highest BCUT2D eigenvalue weighted by molar-refractivity contribution is 6.30. The van der Waals surface area contributed by atoms with E-state index in [9.17, 15) is 8.78 Å². The van der Waals surface area contributed by atoms with Gasteiger partial charge < -0.3 is 18.8 Å². The Hall–Kier alpha value is -3.36. The molecule has 0 saturated carbocycles. The maximum atomic E-state index is 14.6. The molecule has 2 aliphatic rings. The molecule has 6 rings (SSSR count). The number of likely N-dealkylation sites (tertiary alicyclic amines) is 1. The Balaban J connectivity index is 1.15.